The molecule has 2 aromatic carbocycles. The Morgan fingerprint density at radius 2 is 1.50 bits per heavy atom. The van der Waals surface area contributed by atoms with Gasteiger partial charge in [-0.15, -0.1) is 0 Å². The number of rotatable bonds is 7. The van der Waals surface area contributed by atoms with Gasteiger partial charge in [0.25, 0.3) is 0 Å². The van der Waals surface area contributed by atoms with Crippen LogP contribution in [0.3, 0.4) is 0 Å². The lowest BCUT2D eigenvalue weighted by Gasteiger charge is -2.30. The van der Waals surface area contributed by atoms with E-state index in [0.717, 1.165) is 38.8 Å². The SMILES string of the molecule is O=CC1CCN(CCOC(c2ccccc2)c2ccccc2)CC1. The Bertz CT molecular complexity index is 567. The fourth-order valence-electron chi connectivity index (χ4n) is 3.25. The summed E-state index contributed by atoms with van der Waals surface area (Å²) >= 11 is 0. The van der Waals surface area contributed by atoms with Crippen molar-refractivity contribution < 1.29 is 9.53 Å². The Morgan fingerprint density at radius 1 is 0.958 bits per heavy atom. The van der Waals surface area contributed by atoms with Gasteiger partial charge in [-0.3, -0.25) is 0 Å². The number of carbonyl (C=O) groups excluding carboxylic acids is 1. The van der Waals surface area contributed by atoms with Crippen molar-refractivity contribution in [2.24, 2.45) is 5.92 Å². The number of benzene rings is 2. The first kappa shape index (κ1) is 16.9. The number of carbonyl (C=O) groups is 1. The van der Waals surface area contributed by atoms with Crippen LogP contribution in [0.25, 0.3) is 0 Å². The number of ether oxygens (including phenoxy) is 1. The summed E-state index contributed by atoms with van der Waals surface area (Å²) in [6, 6.07) is 20.8. The van der Waals surface area contributed by atoms with Crippen LogP contribution in [0.1, 0.15) is 30.1 Å². The summed E-state index contributed by atoms with van der Waals surface area (Å²) in [7, 11) is 0. The molecule has 1 heterocycles. The van der Waals surface area contributed by atoms with Crippen molar-refractivity contribution in [3.63, 3.8) is 0 Å². The monoisotopic (exact) mass is 323 g/mol. The Balaban J connectivity index is 1.58. The second kappa shape index (κ2) is 8.76. The number of hydrogen-bond acceptors (Lipinski definition) is 3. The third-order valence-electron chi connectivity index (χ3n) is 4.72. The first-order valence-electron chi connectivity index (χ1n) is 8.76. The van der Waals surface area contributed by atoms with Crippen LogP contribution in [0.2, 0.25) is 0 Å². The maximum absolute atomic E-state index is 10.8. The molecule has 1 fully saturated rings. The minimum Gasteiger partial charge on any atom is -0.367 e. The Labute approximate surface area is 144 Å². The van der Waals surface area contributed by atoms with E-state index in [9.17, 15) is 4.79 Å². The fourth-order valence-corrected chi connectivity index (χ4v) is 3.25. The zero-order valence-corrected chi connectivity index (χ0v) is 14.0. The average molecular weight is 323 g/mol. The highest BCUT2D eigenvalue weighted by molar-refractivity contribution is 5.53. The van der Waals surface area contributed by atoms with Gasteiger partial charge in [-0.05, 0) is 37.1 Å². The van der Waals surface area contributed by atoms with Crippen molar-refractivity contribution in [2.75, 3.05) is 26.2 Å². The van der Waals surface area contributed by atoms with Crippen LogP contribution in [0, 0.1) is 5.92 Å². The Morgan fingerprint density at radius 3 is 2.00 bits per heavy atom. The molecule has 0 spiro atoms. The lowest BCUT2D eigenvalue weighted by Crippen LogP contribution is -2.36. The fraction of sp³-hybridized carbons (Fsp3) is 0.381. The van der Waals surface area contributed by atoms with Gasteiger partial charge in [-0.1, -0.05) is 60.7 Å². The van der Waals surface area contributed by atoms with Crippen LogP contribution in [0.5, 0.6) is 0 Å². The summed E-state index contributed by atoms with van der Waals surface area (Å²) in [4.78, 5) is 13.2. The van der Waals surface area contributed by atoms with Gasteiger partial charge < -0.3 is 14.4 Å². The number of aldehydes is 1. The summed E-state index contributed by atoms with van der Waals surface area (Å²) < 4.78 is 6.26. The molecule has 3 rings (SSSR count). The van der Waals surface area contributed by atoms with E-state index in [0.29, 0.717) is 6.61 Å². The Hall–Kier alpha value is -1.97. The van der Waals surface area contributed by atoms with E-state index in [-0.39, 0.29) is 12.0 Å². The lowest BCUT2D eigenvalue weighted by atomic mass is 9.99. The van der Waals surface area contributed by atoms with Gasteiger partial charge in [0, 0.05) is 12.5 Å². The maximum atomic E-state index is 10.8. The predicted molar refractivity (Wildman–Crippen MR) is 95.9 cm³/mol. The minimum absolute atomic E-state index is 0.0279. The molecule has 0 aromatic heterocycles. The minimum atomic E-state index is -0.0279. The van der Waals surface area contributed by atoms with Crippen molar-refractivity contribution in [1.29, 1.82) is 0 Å². The van der Waals surface area contributed by atoms with Gasteiger partial charge in [0.2, 0.25) is 0 Å². The number of hydrogen-bond donors (Lipinski definition) is 0. The van der Waals surface area contributed by atoms with E-state index in [1.54, 1.807) is 0 Å². The molecule has 2 aromatic rings. The average Bonchev–Trinajstić information content (AvgIpc) is 2.67. The van der Waals surface area contributed by atoms with Gasteiger partial charge in [-0.2, -0.15) is 0 Å². The highest BCUT2D eigenvalue weighted by atomic mass is 16.5. The summed E-state index contributed by atoms with van der Waals surface area (Å²) in [5.74, 6) is 0.253. The molecule has 0 aliphatic carbocycles. The number of piperidine rings is 1. The summed E-state index contributed by atoms with van der Waals surface area (Å²) in [6.45, 7) is 3.60. The molecule has 126 valence electrons. The van der Waals surface area contributed by atoms with Gasteiger partial charge in [0.05, 0.1) is 6.61 Å². The summed E-state index contributed by atoms with van der Waals surface area (Å²) in [5.41, 5.74) is 2.37. The maximum Gasteiger partial charge on any atom is 0.123 e. The van der Waals surface area contributed by atoms with Crippen molar-refractivity contribution in [3.8, 4) is 0 Å². The lowest BCUT2D eigenvalue weighted by molar-refractivity contribution is -0.112. The molecule has 0 unspecified atom stereocenters. The normalized spacial score (nSPS) is 16.4. The van der Waals surface area contributed by atoms with Crippen LogP contribution < -0.4 is 0 Å². The van der Waals surface area contributed by atoms with Crippen LogP contribution in [-0.4, -0.2) is 37.4 Å². The van der Waals surface area contributed by atoms with Gasteiger partial charge in [0.1, 0.15) is 12.4 Å². The molecule has 0 saturated carbocycles. The molecule has 1 saturated heterocycles. The third-order valence-corrected chi connectivity index (χ3v) is 4.72. The molecular formula is C21H25NO2. The highest BCUT2D eigenvalue weighted by Crippen LogP contribution is 2.25. The zero-order valence-electron chi connectivity index (χ0n) is 14.0. The first-order valence-corrected chi connectivity index (χ1v) is 8.76. The van der Waals surface area contributed by atoms with Gasteiger partial charge in [0.15, 0.2) is 0 Å². The Kier molecular flexibility index (Phi) is 6.16. The second-order valence-electron chi connectivity index (χ2n) is 6.39. The van der Waals surface area contributed by atoms with E-state index in [1.165, 1.54) is 11.1 Å². The van der Waals surface area contributed by atoms with E-state index in [4.69, 9.17) is 4.74 Å². The van der Waals surface area contributed by atoms with E-state index < -0.39 is 0 Å². The van der Waals surface area contributed by atoms with Gasteiger partial charge in [-0.25, -0.2) is 0 Å². The predicted octanol–water partition coefficient (Wildman–Crippen LogP) is 3.70. The van der Waals surface area contributed by atoms with E-state index >= 15 is 0 Å². The summed E-state index contributed by atoms with van der Waals surface area (Å²) in [5, 5.41) is 0. The third kappa shape index (κ3) is 4.53. The van der Waals surface area contributed by atoms with Crippen molar-refractivity contribution in [3.05, 3.63) is 71.8 Å². The largest absolute Gasteiger partial charge is 0.367 e. The summed E-state index contributed by atoms with van der Waals surface area (Å²) in [6.07, 6.45) is 3.03. The zero-order chi connectivity index (χ0) is 16.6. The molecule has 3 nitrogen and oxygen atoms in total. The highest BCUT2D eigenvalue weighted by Gasteiger charge is 2.19. The number of likely N-dealkylation sites (tertiary alicyclic amines) is 1. The van der Waals surface area contributed by atoms with Crippen LogP contribution in [0.15, 0.2) is 60.7 Å². The van der Waals surface area contributed by atoms with E-state index in [1.807, 2.05) is 12.1 Å². The number of nitrogens with zero attached hydrogens (tertiary/aromatic N) is 1. The second-order valence-corrected chi connectivity index (χ2v) is 6.39. The van der Waals surface area contributed by atoms with Crippen molar-refractivity contribution in [1.82, 2.24) is 4.90 Å². The molecule has 0 N–H and O–H groups in total. The molecule has 24 heavy (non-hydrogen) atoms. The molecule has 1 aliphatic rings. The quantitative estimate of drug-likeness (QED) is 0.728. The molecule has 0 radical (unpaired) electrons. The van der Waals surface area contributed by atoms with E-state index in [2.05, 4.69) is 53.4 Å². The van der Waals surface area contributed by atoms with Gasteiger partial charge >= 0.3 is 0 Å². The first-order chi connectivity index (χ1) is 11.9. The molecule has 3 heteroatoms. The molecule has 1 aliphatic heterocycles. The molecule has 0 amide bonds. The molecular weight excluding hydrogens is 298 g/mol. The van der Waals surface area contributed by atoms with Crippen molar-refractivity contribution in [2.45, 2.75) is 18.9 Å². The smallest absolute Gasteiger partial charge is 0.123 e. The topological polar surface area (TPSA) is 29.5 Å². The standard InChI is InChI=1S/C21H25NO2/c23-17-18-11-13-22(14-12-18)15-16-24-21(19-7-3-1-4-8-19)20-9-5-2-6-10-20/h1-10,17-18,21H,11-16H2. The van der Waals surface area contributed by atoms with Crippen LogP contribution in [0.4, 0.5) is 0 Å². The van der Waals surface area contributed by atoms with Crippen LogP contribution in [-0.2, 0) is 9.53 Å². The molecule has 0 atom stereocenters. The molecule has 0 bridgehead atoms. The van der Waals surface area contributed by atoms with Crippen molar-refractivity contribution >= 4 is 6.29 Å². The van der Waals surface area contributed by atoms with Crippen LogP contribution >= 0.6 is 0 Å².